The van der Waals surface area contributed by atoms with Gasteiger partial charge in [0.15, 0.2) is 0 Å². The van der Waals surface area contributed by atoms with Gasteiger partial charge in [0.25, 0.3) is 0 Å². The molecule has 1 fully saturated rings. The summed E-state index contributed by atoms with van der Waals surface area (Å²) in [6.07, 6.45) is 6.57. The minimum absolute atomic E-state index is 0.0731. The first-order valence-electron chi connectivity index (χ1n) is 14.8. The molecule has 3 aromatic carbocycles. The van der Waals surface area contributed by atoms with Crippen molar-refractivity contribution in [3.05, 3.63) is 101 Å². The number of nitrogens with zero attached hydrogens (tertiary/aromatic N) is 2. The quantitative estimate of drug-likeness (QED) is 0.322. The van der Waals surface area contributed by atoms with E-state index in [2.05, 4.69) is 5.32 Å². The lowest BCUT2D eigenvalue weighted by molar-refractivity contribution is -0.140. The Bertz CT molecular complexity index is 1470. The van der Waals surface area contributed by atoms with E-state index in [-0.39, 0.29) is 18.5 Å². The Labute approximate surface area is 251 Å². The van der Waals surface area contributed by atoms with E-state index in [9.17, 15) is 18.0 Å². The summed E-state index contributed by atoms with van der Waals surface area (Å²) in [5.74, 6) is -0.637. The minimum atomic E-state index is -3.80. The molecule has 1 aliphatic carbocycles. The van der Waals surface area contributed by atoms with Crippen molar-refractivity contribution < 1.29 is 18.0 Å². The van der Waals surface area contributed by atoms with Crippen LogP contribution >= 0.6 is 0 Å². The van der Waals surface area contributed by atoms with E-state index in [1.807, 2.05) is 81.4 Å². The number of rotatable bonds is 11. The van der Waals surface area contributed by atoms with Crippen LogP contribution in [-0.2, 0) is 32.6 Å². The molecule has 0 unspecified atom stereocenters. The highest BCUT2D eigenvalue weighted by Gasteiger charge is 2.34. The Morgan fingerprint density at radius 3 is 2.14 bits per heavy atom. The van der Waals surface area contributed by atoms with Gasteiger partial charge in [-0.05, 0) is 68.0 Å². The summed E-state index contributed by atoms with van der Waals surface area (Å²) in [6.45, 7) is 5.64. The number of carbonyl (C=O) groups excluding carboxylic acids is 2. The molecule has 2 amide bonds. The summed E-state index contributed by atoms with van der Waals surface area (Å²) in [6, 6.07) is 22.1. The fourth-order valence-electron chi connectivity index (χ4n) is 5.48. The average molecular weight is 590 g/mol. The first-order valence-corrected chi connectivity index (χ1v) is 16.6. The number of hydrogen-bond acceptors (Lipinski definition) is 4. The van der Waals surface area contributed by atoms with Gasteiger partial charge in [0.05, 0.1) is 11.9 Å². The fourth-order valence-corrected chi connectivity index (χ4v) is 6.32. The Morgan fingerprint density at radius 2 is 1.52 bits per heavy atom. The number of benzene rings is 3. The SMILES string of the molecule is Cc1ccc(CN(C(=O)CN(c2ccc(C)c(C)c2)S(C)(=O)=O)[C@@H](Cc2ccccc2)C(=O)NC2CCCCC2)cc1. The van der Waals surface area contributed by atoms with E-state index in [0.29, 0.717) is 12.1 Å². The van der Waals surface area contributed by atoms with E-state index in [1.165, 1.54) is 0 Å². The van der Waals surface area contributed by atoms with Crippen LogP contribution in [0, 0.1) is 20.8 Å². The second kappa shape index (κ2) is 14.0. The van der Waals surface area contributed by atoms with Crippen LogP contribution in [0.25, 0.3) is 0 Å². The lowest BCUT2D eigenvalue weighted by Gasteiger charge is -2.35. The highest BCUT2D eigenvalue weighted by molar-refractivity contribution is 7.92. The van der Waals surface area contributed by atoms with Gasteiger partial charge in [0.2, 0.25) is 21.8 Å². The van der Waals surface area contributed by atoms with Gasteiger partial charge in [-0.15, -0.1) is 0 Å². The zero-order valence-electron chi connectivity index (χ0n) is 25.2. The maximum Gasteiger partial charge on any atom is 0.244 e. The number of carbonyl (C=O) groups is 2. The summed E-state index contributed by atoms with van der Waals surface area (Å²) in [5, 5.41) is 3.23. The summed E-state index contributed by atoms with van der Waals surface area (Å²) >= 11 is 0. The van der Waals surface area contributed by atoms with Gasteiger partial charge in [0.1, 0.15) is 12.6 Å². The second-order valence-electron chi connectivity index (χ2n) is 11.6. The molecular weight excluding hydrogens is 546 g/mol. The van der Waals surface area contributed by atoms with Crippen molar-refractivity contribution in [2.24, 2.45) is 0 Å². The first kappa shape index (κ1) is 31.3. The largest absolute Gasteiger partial charge is 0.352 e. The van der Waals surface area contributed by atoms with Crippen LogP contribution in [0.4, 0.5) is 5.69 Å². The monoisotopic (exact) mass is 589 g/mol. The molecule has 224 valence electrons. The van der Waals surface area contributed by atoms with Crippen LogP contribution < -0.4 is 9.62 Å². The maximum absolute atomic E-state index is 14.3. The summed E-state index contributed by atoms with van der Waals surface area (Å²) in [5.41, 5.74) is 5.27. The molecule has 3 aromatic rings. The number of anilines is 1. The lowest BCUT2D eigenvalue weighted by Crippen LogP contribution is -2.55. The molecular formula is C34H43N3O4S. The predicted octanol–water partition coefficient (Wildman–Crippen LogP) is 5.47. The average Bonchev–Trinajstić information content (AvgIpc) is 2.96. The molecule has 8 heteroatoms. The molecule has 1 atom stereocenters. The molecule has 1 N–H and O–H groups in total. The number of aryl methyl sites for hydroxylation is 3. The van der Waals surface area contributed by atoms with Crippen molar-refractivity contribution >= 4 is 27.5 Å². The van der Waals surface area contributed by atoms with Crippen molar-refractivity contribution in [3.8, 4) is 0 Å². The van der Waals surface area contributed by atoms with Crippen molar-refractivity contribution in [1.82, 2.24) is 10.2 Å². The highest BCUT2D eigenvalue weighted by atomic mass is 32.2. The Kier molecular flexibility index (Phi) is 10.4. The molecule has 0 heterocycles. The van der Waals surface area contributed by atoms with Crippen molar-refractivity contribution in [2.75, 3.05) is 17.1 Å². The molecule has 1 saturated carbocycles. The van der Waals surface area contributed by atoms with E-state index in [1.54, 1.807) is 17.0 Å². The van der Waals surface area contributed by atoms with Gasteiger partial charge < -0.3 is 10.2 Å². The van der Waals surface area contributed by atoms with Crippen LogP contribution in [0.3, 0.4) is 0 Å². The van der Waals surface area contributed by atoms with Crippen molar-refractivity contribution in [2.45, 2.75) is 77.9 Å². The molecule has 42 heavy (non-hydrogen) atoms. The molecule has 0 spiro atoms. The van der Waals surface area contributed by atoms with E-state index < -0.39 is 28.5 Å². The van der Waals surface area contributed by atoms with Gasteiger partial charge in [-0.3, -0.25) is 13.9 Å². The topological polar surface area (TPSA) is 86.8 Å². The lowest BCUT2D eigenvalue weighted by atomic mass is 9.94. The summed E-state index contributed by atoms with van der Waals surface area (Å²) in [7, 11) is -3.80. The first-order chi connectivity index (χ1) is 20.0. The Hall–Kier alpha value is -3.65. The Balaban J connectivity index is 1.72. The molecule has 7 nitrogen and oxygen atoms in total. The number of amides is 2. The third-order valence-electron chi connectivity index (χ3n) is 8.15. The summed E-state index contributed by atoms with van der Waals surface area (Å²) in [4.78, 5) is 29.8. The molecule has 0 aromatic heterocycles. The van der Waals surface area contributed by atoms with Crippen LogP contribution in [0.2, 0.25) is 0 Å². The van der Waals surface area contributed by atoms with Crippen LogP contribution in [-0.4, -0.2) is 50.0 Å². The van der Waals surface area contributed by atoms with E-state index in [0.717, 1.165) is 70.5 Å². The van der Waals surface area contributed by atoms with E-state index in [4.69, 9.17) is 0 Å². The second-order valence-corrected chi connectivity index (χ2v) is 13.5. The molecule has 0 bridgehead atoms. The number of sulfonamides is 1. The van der Waals surface area contributed by atoms with Gasteiger partial charge in [-0.25, -0.2) is 8.42 Å². The molecule has 0 saturated heterocycles. The molecule has 1 aliphatic rings. The normalized spacial score (nSPS) is 14.7. The van der Waals surface area contributed by atoms with Gasteiger partial charge in [-0.2, -0.15) is 0 Å². The third-order valence-corrected chi connectivity index (χ3v) is 9.29. The molecule has 0 aliphatic heterocycles. The highest BCUT2D eigenvalue weighted by Crippen LogP contribution is 2.24. The standard InChI is InChI=1S/C34H43N3O4S/c1-25-15-18-29(19-16-25)23-36(33(38)24-37(42(4,40)41)31-20-17-26(2)27(3)21-31)32(22-28-11-7-5-8-12-28)34(39)35-30-13-9-6-10-14-30/h5,7-8,11-12,15-21,30,32H,6,9-10,13-14,22-24H2,1-4H3,(H,35,39)/t32-/m0/s1. The van der Waals surface area contributed by atoms with Gasteiger partial charge in [-0.1, -0.05) is 85.5 Å². The summed E-state index contributed by atoms with van der Waals surface area (Å²) < 4.78 is 27.2. The van der Waals surface area contributed by atoms with Crippen LogP contribution in [0.1, 0.15) is 59.9 Å². The van der Waals surface area contributed by atoms with Crippen molar-refractivity contribution in [1.29, 1.82) is 0 Å². The minimum Gasteiger partial charge on any atom is -0.352 e. The zero-order chi connectivity index (χ0) is 30.3. The third kappa shape index (κ3) is 8.44. The van der Waals surface area contributed by atoms with Crippen molar-refractivity contribution in [3.63, 3.8) is 0 Å². The Morgan fingerprint density at radius 1 is 0.857 bits per heavy atom. The van der Waals surface area contributed by atoms with Gasteiger partial charge >= 0.3 is 0 Å². The van der Waals surface area contributed by atoms with Gasteiger partial charge in [0, 0.05) is 19.0 Å². The van der Waals surface area contributed by atoms with E-state index >= 15 is 0 Å². The molecule has 4 rings (SSSR count). The number of nitrogens with one attached hydrogen (secondary N) is 1. The van der Waals surface area contributed by atoms with Crippen LogP contribution in [0.5, 0.6) is 0 Å². The maximum atomic E-state index is 14.3. The predicted molar refractivity (Wildman–Crippen MR) is 169 cm³/mol. The smallest absolute Gasteiger partial charge is 0.244 e. The zero-order valence-corrected chi connectivity index (χ0v) is 26.0. The van der Waals surface area contributed by atoms with Crippen LogP contribution in [0.15, 0.2) is 72.8 Å². The molecule has 0 radical (unpaired) electrons. The fraction of sp³-hybridized carbons (Fsp3) is 0.412. The number of hydrogen-bond donors (Lipinski definition) is 1.